The molecule has 1 atom stereocenters. The molecule has 2 heterocycles. The van der Waals surface area contributed by atoms with Gasteiger partial charge in [0.15, 0.2) is 0 Å². The maximum atomic E-state index is 14.6. The Kier molecular flexibility index (Phi) is 9.15. The van der Waals surface area contributed by atoms with Crippen molar-refractivity contribution in [2.45, 2.75) is 109 Å². The first-order valence-corrected chi connectivity index (χ1v) is 15.3. The zero-order valence-corrected chi connectivity index (χ0v) is 23.8. The van der Waals surface area contributed by atoms with Gasteiger partial charge in [0.2, 0.25) is 11.9 Å². The normalized spacial score (nSPS) is 19.7. The molecule has 0 unspecified atom stereocenters. The summed E-state index contributed by atoms with van der Waals surface area (Å²) in [6.45, 7) is 5.94. The summed E-state index contributed by atoms with van der Waals surface area (Å²) in [7, 11) is 0. The number of nitrogens with zero attached hydrogens (tertiary/aromatic N) is 4. The van der Waals surface area contributed by atoms with Gasteiger partial charge in [0.25, 0.3) is 5.91 Å². The largest absolute Gasteiger partial charge is 0.352 e. The van der Waals surface area contributed by atoms with Gasteiger partial charge in [0.1, 0.15) is 11.7 Å². The molecule has 0 spiro atoms. The van der Waals surface area contributed by atoms with Crippen LogP contribution in [0.15, 0.2) is 36.4 Å². The predicted octanol–water partition coefficient (Wildman–Crippen LogP) is 5.99. The minimum absolute atomic E-state index is 0.00653. The van der Waals surface area contributed by atoms with Crippen molar-refractivity contribution in [1.82, 2.24) is 20.2 Å². The summed E-state index contributed by atoms with van der Waals surface area (Å²) in [6, 6.07) is 11.6. The molecule has 2 aromatic rings. The number of benzene rings is 1. The molecule has 5 rings (SSSR count). The van der Waals surface area contributed by atoms with Gasteiger partial charge < -0.3 is 15.1 Å². The Bertz CT molecular complexity index is 1100. The van der Waals surface area contributed by atoms with E-state index in [0.717, 1.165) is 88.6 Å². The highest BCUT2D eigenvalue weighted by molar-refractivity contribution is 5.97. The summed E-state index contributed by atoms with van der Waals surface area (Å²) < 4.78 is 0. The lowest BCUT2D eigenvalue weighted by molar-refractivity contribution is -0.129. The van der Waals surface area contributed by atoms with Gasteiger partial charge in [-0.3, -0.25) is 9.59 Å². The fourth-order valence-electron chi connectivity index (χ4n) is 6.65. The maximum absolute atomic E-state index is 14.6. The molecule has 39 heavy (non-hydrogen) atoms. The van der Waals surface area contributed by atoms with Crippen LogP contribution in [0.5, 0.6) is 0 Å². The number of hydrogen-bond donors (Lipinski definition) is 1. The van der Waals surface area contributed by atoms with Gasteiger partial charge in [0.05, 0.1) is 5.69 Å². The molecule has 0 radical (unpaired) electrons. The summed E-state index contributed by atoms with van der Waals surface area (Å²) in [5, 5.41) is 3.35. The lowest BCUT2D eigenvalue weighted by Crippen LogP contribution is -2.58. The fourth-order valence-corrected chi connectivity index (χ4v) is 6.65. The molecule has 1 aromatic carbocycles. The topological polar surface area (TPSA) is 78.4 Å². The Balaban J connectivity index is 1.52. The third-order valence-electron chi connectivity index (χ3n) is 8.75. The van der Waals surface area contributed by atoms with Gasteiger partial charge in [-0.05, 0) is 50.5 Å². The van der Waals surface area contributed by atoms with Crippen LogP contribution in [0.3, 0.4) is 0 Å². The summed E-state index contributed by atoms with van der Waals surface area (Å²) in [4.78, 5) is 42.3. The van der Waals surface area contributed by atoms with E-state index in [2.05, 4.69) is 24.1 Å². The number of hydrogen-bond acceptors (Lipinski definition) is 5. The van der Waals surface area contributed by atoms with Crippen LogP contribution in [0.25, 0.3) is 11.3 Å². The molecular formula is C32H45N5O2. The first kappa shape index (κ1) is 27.6. The Morgan fingerprint density at radius 1 is 0.872 bits per heavy atom. The third kappa shape index (κ3) is 6.62. The minimum Gasteiger partial charge on any atom is -0.352 e. The van der Waals surface area contributed by atoms with E-state index < -0.39 is 6.04 Å². The van der Waals surface area contributed by atoms with Crippen molar-refractivity contribution in [3.05, 3.63) is 42.1 Å². The molecule has 1 aliphatic heterocycles. The van der Waals surface area contributed by atoms with E-state index in [0.29, 0.717) is 11.6 Å². The van der Waals surface area contributed by atoms with Crippen LogP contribution in [-0.4, -0.2) is 57.9 Å². The van der Waals surface area contributed by atoms with Crippen LogP contribution < -0.4 is 10.2 Å². The number of anilines is 1. The monoisotopic (exact) mass is 531 g/mol. The van der Waals surface area contributed by atoms with Crippen molar-refractivity contribution in [2.24, 2.45) is 5.92 Å². The molecule has 1 N–H and O–H groups in total. The first-order valence-electron chi connectivity index (χ1n) is 15.3. The minimum atomic E-state index is -0.520. The number of carbonyl (C=O) groups is 2. The van der Waals surface area contributed by atoms with E-state index in [-0.39, 0.29) is 29.8 Å². The summed E-state index contributed by atoms with van der Waals surface area (Å²) in [5.74, 6) is 0.467. The Morgan fingerprint density at radius 3 is 2.15 bits per heavy atom. The molecule has 7 nitrogen and oxygen atoms in total. The van der Waals surface area contributed by atoms with Gasteiger partial charge >= 0.3 is 0 Å². The van der Waals surface area contributed by atoms with Gasteiger partial charge in [-0.1, -0.05) is 82.7 Å². The van der Waals surface area contributed by atoms with E-state index in [1.807, 2.05) is 41.3 Å². The predicted molar refractivity (Wildman–Crippen MR) is 156 cm³/mol. The van der Waals surface area contributed by atoms with Crippen molar-refractivity contribution in [1.29, 1.82) is 0 Å². The molecule has 2 amide bonds. The SMILES string of the molecule is CC(C)[C@H](C(=O)NC1CCCCC1)N(C(=O)c1cc(-c2ccccc2)nc(N2CCCC2)n1)C1CCCCC1. The standard InChI is InChI=1S/C32H45N5O2/c1-23(2)29(30(38)33-25-16-8-4-9-17-25)37(26-18-10-5-11-19-26)31(39)28-22-27(24-14-6-3-7-15-24)34-32(35-28)36-20-12-13-21-36/h3,6-7,14-15,22-23,25-26,29H,4-5,8-13,16-21H2,1-2H3,(H,33,38)/t29-/m1/s1. The second kappa shape index (κ2) is 12.9. The Labute approximate surface area is 233 Å². The van der Waals surface area contributed by atoms with E-state index in [4.69, 9.17) is 9.97 Å². The van der Waals surface area contributed by atoms with Crippen molar-refractivity contribution < 1.29 is 9.59 Å². The zero-order chi connectivity index (χ0) is 27.2. The fraction of sp³-hybridized carbons (Fsp3) is 0.625. The molecule has 1 saturated heterocycles. The van der Waals surface area contributed by atoms with E-state index in [1.54, 1.807) is 0 Å². The van der Waals surface area contributed by atoms with E-state index >= 15 is 0 Å². The molecule has 3 aliphatic rings. The first-order chi connectivity index (χ1) is 19.0. The number of aromatic nitrogens is 2. The highest BCUT2D eigenvalue weighted by Crippen LogP contribution is 2.30. The van der Waals surface area contributed by atoms with Gasteiger partial charge in [-0.25, -0.2) is 9.97 Å². The highest BCUT2D eigenvalue weighted by Gasteiger charge is 2.39. The van der Waals surface area contributed by atoms with Crippen LogP contribution in [0.1, 0.15) is 101 Å². The molecule has 2 saturated carbocycles. The quantitative estimate of drug-likeness (QED) is 0.453. The molecule has 0 bridgehead atoms. The van der Waals surface area contributed by atoms with Crippen LogP contribution in [0.4, 0.5) is 5.95 Å². The molecule has 2 aliphatic carbocycles. The van der Waals surface area contributed by atoms with Crippen LogP contribution >= 0.6 is 0 Å². The summed E-state index contributed by atoms with van der Waals surface area (Å²) >= 11 is 0. The van der Waals surface area contributed by atoms with E-state index in [9.17, 15) is 9.59 Å². The number of carbonyl (C=O) groups excluding carboxylic acids is 2. The maximum Gasteiger partial charge on any atom is 0.273 e. The van der Waals surface area contributed by atoms with Gasteiger partial charge in [-0.2, -0.15) is 0 Å². The molecule has 7 heteroatoms. The molecule has 210 valence electrons. The second-order valence-electron chi connectivity index (χ2n) is 12.0. The van der Waals surface area contributed by atoms with Crippen LogP contribution in [0, 0.1) is 5.92 Å². The van der Waals surface area contributed by atoms with Gasteiger partial charge in [-0.15, -0.1) is 0 Å². The van der Waals surface area contributed by atoms with Crippen molar-refractivity contribution in [3.8, 4) is 11.3 Å². The number of nitrogens with one attached hydrogen (secondary N) is 1. The van der Waals surface area contributed by atoms with Crippen LogP contribution in [-0.2, 0) is 4.79 Å². The van der Waals surface area contributed by atoms with Crippen molar-refractivity contribution in [2.75, 3.05) is 18.0 Å². The third-order valence-corrected chi connectivity index (χ3v) is 8.75. The molecular weight excluding hydrogens is 486 g/mol. The second-order valence-corrected chi connectivity index (χ2v) is 12.0. The lowest BCUT2D eigenvalue weighted by atomic mass is 9.89. The lowest BCUT2D eigenvalue weighted by Gasteiger charge is -2.41. The van der Waals surface area contributed by atoms with E-state index in [1.165, 1.54) is 12.8 Å². The molecule has 3 fully saturated rings. The Hall–Kier alpha value is -2.96. The average molecular weight is 532 g/mol. The number of amides is 2. The van der Waals surface area contributed by atoms with Crippen LogP contribution in [0.2, 0.25) is 0 Å². The zero-order valence-electron chi connectivity index (χ0n) is 23.8. The Morgan fingerprint density at radius 2 is 1.51 bits per heavy atom. The summed E-state index contributed by atoms with van der Waals surface area (Å²) in [6.07, 6.45) is 13.0. The highest BCUT2D eigenvalue weighted by atomic mass is 16.2. The number of rotatable bonds is 8. The molecule has 1 aromatic heterocycles. The smallest absolute Gasteiger partial charge is 0.273 e. The van der Waals surface area contributed by atoms with Crippen molar-refractivity contribution >= 4 is 17.8 Å². The summed E-state index contributed by atoms with van der Waals surface area (Å²) in [5.41, 5.74) is 2.12. The van der Waals surface area contributed by atoms with Gasteiger partial charge in [0, 0.05) is 30.7 Å². The van der Waals surface area contributed by atoms with Crippen molar-refractivity contribution in [3.63, 3.8) is 0 Å². The average Bonchev–Trinajstić information content (AvgIpc) is 3.52.